The zero-order valence-electron chi connectivity index (χ0n) is 16.5. The summed E-state index contributed by atoms with van der Waals surface area (Å²) < 4.78 is 0. The van der Waals surface area contributed by atoms with Gasteiger partial charge < -0.3 is 4.90 Å². The van der Waals surface area contributed by atoms with E-state index in [0.29, 0.717) is 12.0 Å². The molecule has 0 aromatic heterocycles. The minimum atomic E-state index is -1.34. The van der Waals surface area contributed by atoms with E-state index in [4.69, 9.17) is 23.8 Å². The molecule has 0 saturated heterocycles. The number of fused-ring (bicyclic) bond motifs is 3. The van der Waals surface area contributed by atoms with Crippen LogP contribution in [0, 0.1) is 16.7 Å². The highest BCUT2D eigenvalue weighted by atomic mass is 35.5. The molecule has 3 aliphatic rings. The van der Waals surface area contributed by atoms with Crippen molar-refractivity contribution in [1.82, 2.24) is 0 Å². The van der Waals surface area contributed by atoms with E-state index in [1.54, 1.807) is 18.0 Å². The number of likely N-dealkylation sites (N-methyl/N-ethyl adjacent to an activating group) is 1. The van der Waals surface area contributed by atoms with Crippen LogP contribution in [0.1, 0.15) is 44.2 Å². The number of nitrogens with zero attached hydrogens (tertiary/aromatic N) is 2. The molecule has 1 heterocycles. The third kappa shape index (κ3) is 1.93. The molecule has 4 rings (SSSR count). The quantitative estimate of drug-likeness (QED) is 0.310. The highest BCUT2D eigenvalue weighted by Crippen LogP contribution is 2.66. The van der Waals surface area contributed by atoms with Gasteiger partial charge in [-0.05, 0) is 41.2 Å². The van der Waals surface area contributed by atoms with Crippen LogP contribution >= 0.6 is 23.8 Å². The summed E-state index contributed by atoms with van der Waals surface area (Å²) in [4.78, 5) is 33.6. The van der Waals surface area contributed by atoms with Crippen molar-refractivity contribution in [1.29, 1.82) is 0 Å². The van der Waals surface area contributed by atoms with E-state index in [1.165, 1.54) is 0 Å². The lowest BCUT2D eigenvalue weighted by Gasteiger charge is -2.52. The predicted octanol–water partition coefficient (Wildman–Crippen LogP) is 4.47. The zero-order chi connectivity index (χ0) is 20.6. The Labute approximate surface area is 175 Å². The first-order valence-corrected chi connectivity index (χ1v) is 10.3. The van der Waals surface area contributed by atoms with Crippen LogP contribution in [-0.4, -0.2) is 29.3 Å². The number of hydrogen-bond donors (Lipinski definition) is 0. The number of amides is 1. The van der Waals surface area contributed by atoms with Gasteiger partial charge >= 0.3 is 0 Å². The van der Waals surface area contributed by atoms with Crippen molar-refractivity contribution < 1.29 is 9.59 Å². The highest BCUT2D eigenvalue weighted by molar-refractivity contribution is 7.78. The molecule has 1 unspecified atom stereocenters. The second kappa shape index (κ2) is 5.85. The molecular formula is C22H23ClN2O2S. The Morgan fingerprint density at radius 1 is 1.36 bits per heavy atom. The van der Waals surface area contributed by atoms with E-state index < -0.39 is 28.2 Å². The van der Waals surface area contributed by atoms with Crippen molar-refractivity contribution in [3.05, 3.63) is 42.0 Å². The van der Waals surface area contributed by atoms with Gasteiger partial charge in [-0.2, -0.15) is 0 Å². The van der Waals surface area contributed by atoms with Crippen molar-refractivity contribution in [2.75, 3.05) is 11.9 Å². The number of carbonyl (C=O) groups excluding carboxylic acids is 2. The SMILES string of the molecule is C=C[C@]1(C)[C@H](Cl)C[C@H]2C(=O)C1(N=C=S)c1cccc3c1[C@@H](C(=O)N3C)C2(C)C. The smallest absolute Gasteiger partial charge is 0.234 e. The first-order valence-electron chi connectivity index (χ1n) is 9.41. The Bertz CT molecular complexity index is 983. The molecule has 2 aliphatic carbocycles. The Morgan fingerprint density at radius 2 is 2.04 bits per heavy atom. The first kappa shape index (κ1) is 19.5. The molecule has 1 amide bonds. The van der Waals surface area contributed by atoms with E-state index in [9.17, 15) is 9.59 Å². The van der Waals surface area contributed by atoms with E-state index in [1.807, 2.05) is 39.0 Å². The molecule has 6 heteroatoms. The van der Waals surface area contributed by atoms with Crippen LogP contribution < -0.4 is 4.90 Å². The number of aliphatic imine (C=N–C) groups is 1. The summed E-state index contributed by atoms with van der Waals surface area (Å²) in [5.74, 6) is -0.917. The molecule has 28 heavy (non-hydrogen) atoms. The fourth-order valence-electron chi connectivity index (χ4n) is 5.74. The molecular weight excluding hydrogens is 392 g/mol. The van der Waals surface area contributed by atoms with Crippen LogP contribution in [0.15, 0.2) is 35.8 Å². The Morgan fingerprint density at radius 3 is 2.64 bits per heavy atom. The number of anilines is 1. The minimum Gasteiger partial charge on any atom is -0.315 e. The Balaban J connectivity index is 2.24. The van der Waals surface area contributed by atoms with Crippen molar-refractivity contribution >= 4 is 46.4 Å². The molecule has 1 saturated carbocycles. The Hall–Kier alpha value is -1.81. The maximum atomic E-state index is 14.1. The predicted molar refractivity (Wildman–Crippen MR) is 114 cm³/mol. The average Bonchev–Trinajstić information content (AvgIpc) is 2.90. The van der Waals surface area contributed by atoms with Gasteiger partial charge in [0.25, 0.3) is 0 Å². The van der Waals surface area contributed by atoms with Crippen LogP contribution in [0.5, 0.6) is 0 Å². The van der Waals surface area contributed by atoms with E-state index in [2.05, 4.69) is 16.7 Å². The van der Waals surface area contributed by atoms with E-state index in [-0.39, 0.29) is 17.1 Å². The fraction of sp³-hybridized carbons (Fsp3) is 0.500. The second-order valence-corrected chi connectivity index (χ2v) is 9.62. The van der Waals surface area contributed by atoms with Gasteiger partial charge in [0, 0.05) is 29.4 Å². The number of hydrogen-bond acceptors (Lipinski definition) is 4. The van der Waals surface area contributed by atoms with Crippen molar-refractivity contribution in [3.8, 4) is 0 Å². The molecule has 1 aromatic rings. The second-order valence-electron chi connectivity index (χ2n) is 8.91. The summed E-state index contributed by atoms with van der Waals surface area (Å²) >= 11 is 11.9. The minimum absolute atomic E-state index is 0.000659. The Kier molecular flexibility index (Phi) is 4.08. The van der Waals surface area contributed by atoms with Crippen LogP contribution in [0.3, 0.4) is 0 Å². The lowest BCUT2D eigenvalue weighted by molar-refractivity contribution is -0.141. The summed E-state index contributed by atoms with van der Waals surface area (Å²) in [7, 11) is 1.78. The monoisotopic (exact) mass is 414 g/mol. The molecule has 0 N–H and O–H groups in total. The first-order chi connectivity index (χ1) is 13.1. The molecule has 0 spiro atoms. The summed E-state index contributed by atoms with van der Waals surface area (Å²) in [5.41, 5.74) is -0.426. The summed E-state index contributed by atoms with van der Waals surface area (Å²) in [6.07, 6.45) is 2.18. The van der Waals surface area contributed by atoms with Gasteiger partial charge in [0.1, 0.15) is 0 Å². The number of thiocarbonyl (C=S) groups is 1. The molecule has 1 aromatic carbocycles. The number of rotatable bonds is 2. The van der Waals surface area contributed by atoms with Crippen molar-refractivity contribution in [2.45, 2.75) is 44.0 Å². The lowest BCUT2D eigenvalue weighted by Crippen LogP contribution is -2.60. The maximum Gasteiger partial charge on any atom is 0.234 e. The number of Topliss-reactive ketones (excluding diaryl/α,β-unsaturated/α-hetero) is 1. The van der Waals surface area contributed by atoms with Gasteiger partial charge in [-0.1, -0.05) is 39.0 Å². The van der Waals surface area contributed by atoms with Crippen LogP contribution in [0.25, 0.3) is 0 Å². The van der Waals surface area contributed by atoms with Gasteiger partial charge in [-0.3, -0.25) is 9.59 Å². The van der Waals surface area contributed by atoms with Gasteiger partial charge in [0.05, 0.1) is 11.1 Å². The van der Waals surface area contributed by atoms with Gasteiger partial charge in [0.15, 0.2) is 11.3 Å². The zero-order valence-corrected chi connectivity index (χ0v) is 18.0. The van der Waals surface area contributed by atoms with E-state index >= 15 is 0 Å². The number of alkyl halides is 1. The van der Waals surface area contributed by atoms with Crippen molar-refractivity contribution in [3.63, 3.8) is 0 Å². The largest absolute Gasteiger partial charge is 0.315 e. The number of ketones is 1. The fourth-order valence-corrected chi connectivity index (χ4v) is 6.30. The number of carbonyl (C=O) groups is 2. The maximum absolute atomic E-state index is 14.1. The molecule has 1 fully saturated rings. The van der Waals surface area contributed by atoms with Crippen LogP contribution in [0.4, 0.5) is 5.69 Å². The van der Waals surface area contributed by atoms with Gasteiger partial charge in [-0.15, -0.1) is 18.2 Å². The molecule has 0 radical (unpaired) electrons. The standard InChI is InChI=1S/C22H23ClN2O2S/c1-6-21(4)15(23)10-13-18(26)22(21,24-11-28)12-8-7-9-14-16(12)17(20(13,2)3)19(27)25(14)5/h6-9,13,15,17H,1,10H2,2-5H3/t13-,15+,17-,21+,22?/m0/s1. The molecule has 2 bridgehead atoms. The van der Waals surface area contributed by atoms with Crippen molar-refractivity contribution in [2.24, 2.45) is 21.7 Å². The highest BCUT2D eigenvalue weighted by Gasteiger charge is 2.69. The van der Waals surface area contributed by atoms with Gasteiger partial charge in [0.2, 0.25) is 5.91 Å². The number of benzene rings is 1. The normalized spacial score (nSPS) is 37.8. The molecule has 1 aliphatic heterocycles. The third-order valence-electron chi connectivity index (χ3n) is 7.53. The number of halogens is 1. The summed E-state index contributed by atoms with van der Waals surface area (Å²) in [6.45, 7) is 9.91. The summed E-state index contributed by atoms with van der Waals surface area (Å²) in [6, 6.07) is 5.68. The van der Waals surface area contributed by atoms with Gasteiger partial charge in [-0.25, -0.2) is 4.99 Å². The summed E-state index contributed by atoms with van der Waals surface area (Å²) in [5, 5.41) is 2.09. The average molecular weight is 415 g/mol. The third-order valence-corrected chi connectivity index (χ3v) is 8.25. The van der Waals surface area contributed by atoms with E-state index in [0.717, 1.165) is 11.3 Å². The topological polar surface area (TPSA) is 49.7 Å². The van der Waals surface area contributed by atoms with Crippen LogP contribution in [0.2, 0.25) is 0 Å². The molecule has 146 valence electrons. The molecule has 5 atom stereocenters. The lowest BCUT2D eigenvalue weighted by atomic mass is 9.53. The van der Waals surface area contributed by atoms with Crippen LogP contribution in [-0.2, 0) is 15.1 Å². The molecule has 4 nitrogen and oxygen atoms in total. The number of isothiocyanates is 1.